The molecule has 2 N–H and O–H groups in total. The Morgan fingerprint density at radius 3 is 2.55 bits per heavy atom. The van der Waals surface area contributed by atoms with Gasteiger partial charge in [0.05, 0.1) is 17.1 Å². The van der Waals surface area contributed by atoms with Crippen LogP contribution in [0.3, 0.4) is 0 Å². The van der Waals surface area contributed by atoms with Crippen molar-refractivity contribution in [2.75, 3.05) is 36.4 Å². The number of hydrogen-bond acceptors (Lipinski definition) is 6. The number of aryl methyl sites for hydroxylation is 1. The summed E-state index contributed by atoms with van der Waals surface area (Å²) in [4.78, 5) is 2.31. The fourth-order valence-electron chi connectivity index (χ4n) is 3.75. The third-order valence-electron chi connectivity index (χ3n) is 5.39. The molecule has 2 heterocycles. The Balaban J connectivity index is 0.00000272. The normalized spacial score (nSPS) is 15.5. The maximum Gasteiger partial charge on any atom is 0.416 e. The average molecular weight is 453 g/mol. The Hall–Kier alpha value is -2.65. The van der Waals surface area contributed by atoms with Gasteiger partial charge in [-0.05, 0) is 54.5 Å². The summed E-state index contributed by atoms with van der Waals surface area (Å²) < 4.78 is 39.2. The van der Waals surface area contributed by atoms with Gasteiger partial charge in [0.1, 0.15) is 0 Å². The molecular formula is C21H24ClF3N6. The van der Waals surface area contributed by atoms with Gasteiger partial charge in [0.15, 0.2) is 5.82 Å². The Kier molecular flexibility index (Phi) is 6.86. The van der Waals surface area contributed by atoms with E-state index in [9.17, 15) is 13.2 Å². The van der Waals surface area contributed by atoms with Crippen LogP contribution < -0.4 is 15.5 Å². The highest BCUT2D eigenvalue weighted by Crippen LogP contribution is 2.33. The van der Waals surface area contributed by atoms with Gasteiger partial charge in [0.25, 0.3) is 0 Å². The topological polar surface area (TPSA) is 66.0 Å². The smallest absolute Gasteiger partial charge is 0.369 e. The van der Waals surface area contributed by atoms with E-state index in [0.717, 1.165) is 54.9 Å². The predicted octanol–water partition coefficient (Wildman–Crippen LogP) is 4.36. The summed E-state index contributed by atoms with van der Waals surface area (Å²) in [5, 5.41) is 19.5. The summed E-state index contributed by atoms with van der Waals surface area (Å²) in [5.41, 5.74) is 2.75. The molecule has 1 saturated heterocycles. The Morgan fingerprint density at radius 1 is 1.10 bits per heavy atom. The van der Waals surface area contributed by atoms with Crippen LogP contribution in [-0.2, 0) is 6.18 Å². The molecular weight excluding hydrogens is 429 g/mol. The first kappa shape index (κ1) is 23.0. The molecule has 0 amide bonds. The summed E-state index contributed by atoms with van der Waals surface area (Å²) in [6, 6.07) is 8.93. The third kappa shape index (κ3) is 4.99. The van der Waals surface area contributed by atoms with Gasteiger partial charge in [0.2, 0.25) is 0 Å². The van der Waals surface area contributed by atoms with E-state index in [2.05, 4.69) is 30.9 Å². The SMILES string of the molecule is Cc1cc2nnnc(N[C@H](C)c3cccc(C(F)(F)F)c3)c2cc1N1CCNCC1.Cl. The van der Waals surface area contributed by atoms with E-state index in [0.29, 0.717) is 16.9 Å². The van der Waals surface area contributed by atoms with E-state index in [1.165, 1.54) is 6.07 Å². The first-order chi connectivity index (χ1) is 14.3. The van der Waals surface area contributed by atoms with Crippen molar-refractivity contribution in [2.24, 2.45) is 0 Å². The lowest BCUT2D eigenvalue weighted by Gasteiger charge is -2.31. The molecule has 3 aromatic rings. The molecule has 0 radical (unpaired) electrons. The maximum atomic E-state index is 13.1. The molecule has 0 saturated carbocycles. The fraction of sp³-hybridized carbons (Fsp3) is 0.381. The van der Waals surface area contributed by atoms with Crippen molar-refractivity contribution < 1.29 is 13.2 Å². The monoisotopic (exact) mass is 452 g/mol. The standard InChI is InChI=1S/C21H23F3N6.ClH/c1-13-10-18-17(12-19(13)30-8-6-25-7-9-30)20(28-29-27-18)26-14(2)15-4-3-5-16(11-15)21(22,23)24;/h3-5,10-12,14,25H,6-9H2,1-2H3,(H,26,27,28);1H/t14-;/m1./s1. The van der Waals surface area contributed by atoms with Gasteiger partial charge in [0, 0.05) is 37.3 Å². The number of hydrogen-bond donors (Lipinski definition) is 2. The number of halogens is 4. The number of anilines is 2. The number of nitrogens with zero attached hydrogens (tertiary/aromatic N) is 4. The summed E-state index contributed by atoms with van der Waals surface area (Å²) in [6.07, 6.45) is -4.38. The van der Waals surface area contributed by atoms with Gasteiger partial charge in [-0.25, -0.2) is 0 Å². The zero-order chi connectivity index (χ0) is 21.3. The highest BCUT2D eigenvalue weighted by molar-refractivity contribution is 5.92. The lowest BCUT2D eigenvalue weighted by molar-refractivity contribution is -0.137. The van der Waals surface area contributed by atoms with Crippen LogP contribution in [0, 0.1) is 6.92 Å². The van der Waals surface area contributed by atoms with E-state index >= 15 is 0 Å². The molecule has 1 atom stereocenters. The summed E-state index contributed by atoms with van der Waals surface area (Å²) in [5.74, 6) is 0.501. The molecule has 4 rings (SSSR count). The molecule has 1 aliphatic rings. The minimum atomic E-state index is -4.38. The number of piperazine rings is 1. The highest BCUT2D eigenvalue weighted by atomic mass is 35.5. The third-order valence-corrected chi connectivity index (χ3v) is 5.39. The van der Waals surface area contributed by atoms with Crippen LogP contribution in [0.25, 0.3) is 10.9 Å². The average Bonchev–Trinajstić information content (AvgIpc) is 2.73. The zero-order valence-corrected chi connectivity index (χ0v) is 18.0. The predicted molar refractivity (Wildman–Crippen MR) is 118 cm³/mol. The maximum absolute atomic E-state index is 13.1. The van der Waals surface area contributed by atoms with Crippen molar-refractivity contribution in [3.05, 3.63) is 53.1 Å². The Morgan fingerprint density at radius 2 is 1.84 bits per heavy atom. The summed E-state index contributed by atoms with van der Waals surface area (Å²) in [7, 11) is 0. The van der Waals surface area contributed by atoms with Gasteiger partial charge in [-0.1, -0.05) is 12.1 Å². The summed E-state index contributed by atoms with van der Waals surface area (Å²) in [6.45, 7) is 7.49. The second kappa shape index (κ2) is 9.23. The van der Waals surface area contributed by atoms with Crippen molar-refractivity contribution in [2.45, 2.75) is 26.1 Å². The molecule has 31 heavy (non-hydrogen) atoms. The van der Waals surface area contributed by atoms with Crippen molar-refractivity contribution in [3.8, 4) is 0 Å². The largest absolute Gasteiger partial charge is 0.416 e. The van der Waals surface area contributed by atoms with Gasteiger partial charge in [-0.3, -0.25) is 0 Å². The number of fused-ring (bicyclic) bond motifs is 1. The van der Waals surface area contributed by atoms with Gasteiger partial charge in [-0.15, -0.1) is 22.6 Å². The molecule has 10 heteroatoms. The van der Waals surface area contributed by atoms with Crippen LogP contribution in [-0.4, -0.2) is 41.6 Å². The van der Waals surface area contributed by atoms with Crippen molar-refractivity contribution in [1.82, 2.24) is 20.7 Å². The van der Waals surface area contributed by atoms with Crippen LogP contribution in [0.1, 0.15) is 29.7 Å². The zero-order valence-electron chi connectivity index (χ0n) is 17.2. The fourth-order valence-corrected chi connectivity index (χ4v) is 3.75. The quantitative estimate of drug-likeness (QED) is 0.613. The number of aromatic nitrogens is 3. The molecule has 1 aromatic heterocycles. The van der Waals surface area contributed by atoms with E-state index in [1.54, 1.807) is 13.0 Å². The minimum absolute atomic E-state index is 0. The molecule has 0 bridgehead atoms. The van der Waals surface area contributed by atoms with Gasteiger partial charge < -0.3 is 15.5 Å². The molecule has 1 aliphatic heterocycles. The number of benzene rings is 2. The second-order valence-electron chi connectivity index (χ2n) is 7.52. The molecule has 6 nitrogen and oxygen atoms in total. The van der Waals surface area contributed by atoms with Crippen molar-refractivity contribution in [1.29, 1.82) is 0 Å². The Bertz CT molecular complexity index is 1050. The van der Waals surface area contributed by atoms with E-state index in [1.807, 2.05) is 19.1 Å². The Labute approximate surface area is 184 Å². The number of nitrogens with one attached hydrogen (secondary N) is 2. The van der Waals surface area contributed by atoms with Crippen molar-refractivity contribution >= 4 is 34.8 Å². The number of alkyl halides is 3. The molecule has 1 fully saturated rings. The first-order valence-corrected chi connectivity index (χ1v) is 9.86. The molecule has 0 unspecified atom stereocenters. The lowest BCUT2D eigenvalue weighted by atomic mass is 10.0. The molecule has 0 aliphatic carbocycles. The van der Waals surface area contributed by atoms with Crippen LogP contribution in [0.5, 0.6) is 0 Å². The second-order valence-corrected chi connectivity index (χ2v) is 7.52. The highest BCUT2D eigenvalue weighted by Gasteiger charge is 2.30. The van der Waals surface area contributed by atoms with Crippen molar-refractivity contribution in [3.63, 3.8) is 0 Å². The van der Waals surface area contributed by atoms with Gasteiger partial charge in [-0.2, -0.15) is 13.2 Å². The van der Waals surface area contributed by atoms with E-state index < -0.39 is 17.8 Å². The minimum Gasteiger partial charge on any atom is -0.369 e. The van der Waals surface area contributed by atoms with Crippen LogP contribution in [0.2, 0.25) is 0 Å². The molecule has 2 aromatic carbocycles. The molecule has 0 spiro atoms. The lowest BCUT2D eigenvalue weighted by Crippen LogP contribution is -2.43. The van der Waals surface area contributed by atoms with Crippen LogP contribution in [0.4, 0.5) is 24.7 Å². The van der Waals surface area contributed by atoms with E-state index in [4.69, 9.17) is 0 Å². The number of rotatable bonds is 4. The summed E-state index contributed by atoms with van der Waals surface area (Å²) >= 11 is 0. The first-order valence-electron chi connectivity index (χ1n) is 9.86. The van der Waals surface area contributed by atoms with Crippen LogP contribution >= 0.6 is 12.4 Å². The van der Waals surface area contributed by atoms with Gasteiger partial charge >= 0.3 is 6.18 Å². The van der Waals surface area contributed by atoms with Crippen LogP contribution in [0.15, 0.2) is 36.4 Å². The van der Waals surface area contributed by atoms with E-state index in [-0.39, 0.29) is 12.4 Å². The molecule has 166 valence electrons.